The number of aromatic nitrogens is 2. The highest BCUT2D eigenvalue weighted by atomic mass is 19.1. The number of halogens is 1. The second-order valence-corrected chi connectivity index (χ2v) is 7.43. The summed E-state index contributed by atoms with van der Waals surface area (Å²) in [7, 11) is 3.04. The lowest BCUT2D eigenvalue weighted by atomic mass is 9.83. The Hall–Kier alpha value is -2.25. The Labute approximate surface area is 158 Å². The topological polar surface area (TPSA) is 67.7 Å². The van der Waals surface area contributed by atoms with E-state index in [1.54, 1.807) is 6.20 Å². The molecule has 2 aromatic rings. The summed E-state index contributed by atoms with van der Waals surface area (Å²) in [6.07, 6.45) is 3.23. The molecule has 0 bridgehead atoms. The third-order valence-corrected chi connectivity index (χ3v) is 5.92. The third kappa shape index (κ3) is 3.26. The molecule has 2 fully saturated rings. The molecule has 1 aromatic carbocycles. The lowest BCUT2D eigenvalue weighted by Gasteiger charge is -2.31. The summed E-state index contributed by atoms with van der Waals surface area (Å²) in [4.78, 5) is 10.7. The molecule has 27 heavy (non-hydrogen) atoms. The number of hydrogen-bond donors (Lipinski definition) is 1. The van der Waals surface area contributed by atoms with Crippen LogP contribution < -0.4 is 9.47 Å². The van der Waals surface area contributed by atoms with Crippen molar-refractivity contribution in [3.8, 4) is 11.9 Å². The van der Waals surface area contributed by atoms with E-state index >= 15 is 0 Å². The number of nitrogens with zero attached hydrogens (tertiary/aromatic N) is 3. The number of aliphatic hydroxyl groups is 1. The summed E-state index contributed by atoms with van der Waals surface area (Å²) >= 11 is 0. The number of hydrogen-bond acceptors (Lipinski definition) is 6. The van der Waals surface area contributed by atoms with Crippen LogP contribution in [0.3, 0.4) is 0 Å². The molecule has 1 saturated heterocycles. The molecule has 0 unspecified atom stereocenters. The SMILES string of the molecule is COc1ncc([C@]2(O)CC[C@H]3CN(Cc4ccc(F)cc4)C[C@H]32)c(OC)n1. The van der Waals surface area contributed by atoms with E-state index in [4.69, 9.17) is 9.47 Å². The van der Waals surface area contributed by atoms with Gasteiger partial charge in [0, 0.05) is 31.7 Å². The molecule has 1 aromatic heterocycles. The van der Waals surface area contributed by atoms with Gasteiger partial charge in [0.1, 0.15) is 11.4 Å². The van der Waals surface area contributed by atoms with Gasteiger partial charge in [-0.1, -0.05) is 12.1 Å². The van der Waals surface area contributed by atoms with Gasteiger partial charge in [0.25, 0.3) is 0 Å². The van der Waals surface area contributed by atoms with Gasteiger partial charge in [0.2, 0.25) is 5.88 Å². The summed E-state index contributed by atoms with van der Waals surface area (Å²) in [6.45, 7) is 2.44. The highest BCUT2D eigenvalue weighted by molar-refractivity contribution is 5.34. The van der Waals surface area contributed by atoms with Gasteiger partial charge in [-0.05, 0) is 36.5 Å². The summed E-state index contributed by atoms with van der Waals surface area (Å²) in [5.41, 5.74) is 0.687. The van der Waals surface area contributed by atoms with Crippen LogP contribution >= 0.6 is 0 Å². The molecular formula is C20H24FN3O3. The van der Waals surface area contributed by atoms with Crippen molar-refractivity contribution < 1.29 is 19.0 Å². The molecule has 1 aliphatic carbocycles. The predicted molar refractivity (Wildman–Crippen MR) is 96.9 cm³/mol. The van der Waals surface area contributed by atoms with Gasteiger partial charge in [-0.15, -0.1) is 0 Å². The Balaban J connectivity index is 1.55. The minimum Gasteiger partial charge on any atom is -0.481 e. The molecule has 0 radical (unpaired) electrons. The Bertz CT molecular complexity index is 817. The van der Waals surface area contributed by atoms with Crippen LogP contribution in [-0.2, 0) is 12.1 Å². The fraction of sp³-hybridized carbons (Fsp3) is 0.500. The van der Waals surface area contributed by atoms with Crippen LogP contribution in [0.15, 0.2) is 30.5 Å². The average Bonchev–Trinajstić information content (AvgIpc) is 3.23. The highest BCUT2D eigenvalue weighted by Gasteiger charge is 2.53. The highest BCUT2D eigenvalue weighted by Crippen LogP contribution is 2.52. The van der Waals surface area contributed by atoms with Gasteiger partial charge < -0.3 is 14.6 Å². The zero-order chi connectivity index (χ0) is 19.0. The normalized spacial score (nSPS) is 27.6. The van der Waals surface area contributed by atoms with Crippen molar-refractivity contribution in [3.63, 3.8) is 0 Å². The van der Waals surface area contributed by atoms with Crippen LogP contribution in [0.25, 0.3) is 0 Å². The van der Waals surface area contributed by atoms with E-state index in [9.17, 15) is 9.50 Å². The first-order valence-electron chi connectivity index (χ1n) is 9.18. The molecular weight excluding hydrogens is 349 g/mol. The van der Waals surface area contributed by atoms with Gasteiger partial charge in [-0.2, -0.15) is 4.98 Å². The van der Waals surface area contributed by atoms with E-state index in [0.29, 0.717) is 23.8 Å². The molecule has 0 amide bonds. The molecule has 1 saturated carbocycles. The minimum absolute atomic E-state index is 0.0869. The van der Waals surface area contributed by atoms with E-state index in [2.05, 4.69) is 14.9 Å². The molecule has 3 atom stereocenters. The second-order valence-electron chi connectivity index (χ2n) is 7.43. The van der Waals surface area contributed by atoms with Gasteiger partial charge in [0.15, 0.2) is 0 Å². The minimum atomic E-state index is -1.01. The van der Waals surface area contributed by atoms with Crippen molar-refractivity contribution >= 4 is 0 Å². The average molecular weight is 373 g/mol. The molecule has 1 aliphatic heterocycles. The van der Waals surface area contributed by atoms with E-state index in [-0.39, 0.29) is 17.7 Å². The monoisotopic (exact) mass is 373 g/mol. The van der Waals surface area contributed by atoms with E-state index < -0.39 is 5.60 Å². The predicted octanol–water partition coefficient (Wildman–Crippen LogP) is 2.36. The summed E-state index contributed by atoms with van der Waals surface area (Å²) in [6, 6.07) is 6.83. The maximum absolute atomic E-state index is 13.1. The fourth-order valence-electron chi connectivity index (χ4n) is 4.60. The molecule has 4 rings (SSSR count). The van der Waals surface area contributed by atoms with Gasteiger partial charge in [-0.25, -0.2) is 9.37 Å². The third-order valence-electron chi connectivity index (χ3n) is 5.92. The smallest absolute Gasteiger partial charge is 0.319 e. The Kier molecular flexibility index (Phi) is 4.74. The first-order chi connectivity index (χ1) is 13.0. The van der Waals surface area contributed by atoms with Crippen molar-refractivity contribution in [2.75, 3.05) is 27.3 Å². The molecule has 2 aliphatic rings. The second kappa shape index (κ2) is 7.05. The Morgan fingerprint density at radius 3 is 2.70 bits per heavy atom. The first-order valence-corrected chi connectivity index (χ1v) is 9.18. The lowest BCUT2D eigenvalue weighted by molar-refractivity contribution is -0.00972. The zero-order valence-electron chi connectivity index (χ0n) is 15.6. The number of rotatable bonds is 5. The van der Waals surface area contributed by atoms with E-state index in [1.165, 1.54) is 26.4 Å². The number of ether oxygens (including phenoxy) is 2. The first kappa shape index (κ1) is 18.1. The lowest BCUT2D eigenvalue weighted by Crippen LogP contribution is -2.35. The van der Waals surface area contributed by atoms with E-state index in [1.807, 2.05) is 12.1 Å². The van der Waals surface area contributed by atoms with Crippen LogP contribution in [0.5, 0.6) is 11.9 Å². The largest absolute Gasteiger partial charge is 0.481 e. The molecule has 1 N–H and O–H groups in total. The van der Waals surface area contributed by atoms with Crippen molar-refractivity contribution in [1.82, 2.24) is 14.9 Å². The van der Waals surface area contributed by atoms with Gasteiger partial charge in [-0.3, -0.25) is 4.90 Å². The van der Waals surface area contributed by atoms with Crippen LogP contribution in [0.2, 0.25) is 0 Å². The Morgan fingerprint density at radius 1 is 1.22 bits per heavy atom. The van der Waals surface area contributed by atoms with Crippen LogP contribution in [0.1, 0.15) is 24.0 Å². The fourth-order valence-corrected chi connectivity index (χ4v) is 4.60. The quantitative estimate of drug-likeness (QED) is 0.868. The standard InChI is InChI=1S/C20H24FN3O3/c1-26-18-16(9-22-19(23-18)27-2)20(25)8-7-14-11-24(12-17(14)20)10-13-3-5-15(21)6-4-13/h3-6,9,14,17,25H,7-8,10-12H2,1-2H3/t14-,17+,20+/m0/s1. The molecule has 6 nitrogen and oxygen atoms in total. The van der Waals surface area contributed by atoms with Crippen molar-refractivity contribution in [2.45, 2.75) is 25.0 Å². The number of likely N-dealkylation sites (tertiary alicyclic amines) is 1. The number of fused-ring (bicyclic) bond motifs is 1. The van der Waals surface area contributed by atoms with Crippen molar-refractivity contribution in [3.05, 3.63) is 47.4 Å². The summed E-state index contributed by atoms with van der Waals surface area (Å²) in [5.74, 6) is 0.631. The van der Waals surface area contributed by atoms with Crippen LogP contribution in [-0.4, -0.2) is 47.3 Å². The van der Waals surface area contributed by atoms with Gasteiger partial charge >= 0.3 is 6.01 Å². The summed E-state index contributed by atoms with van der Waals surface area (Å²) in [5, 5.41) is 11.6. The van der Waals surface area contributed by atoms with Crippen molar-refractivity contribution in [2.24, 2.45) is 11.8 Å². The maximum Gasteiger partial charge on any atom is 0.319 e. The molecule has 144 valence electrons. The summed E-state index contributed by atoms with van der Waals surface area (Å²) < 4.78 is 23.6. The maximum atomic E-state index is 13.1. The number of methoxy groups -OCH3 is 2. The molecule has 2 heterocycles. The van der Waals surface area contributed by atoms with Crippen LogP contribution in [0, 0.1) is 17.7 Å². The molecule has 0 spiro atoms. The zero-order valence-corrected chi connectivity index (χ0v) is 15.6. The number of benzene rings is 1. The Morgan fingerprint density at radius 2 is 2.00 bits per heavy atom. The van der Waals surface area contributed by atoms with E-state index in [0.717, 1.165) is 31.6 Å². The van der Waals surface area contributed by atoms with Crippen LogP contribution in [0.4, 0.5) is 4.39 Å². The van der Waals surface area contributed by atoms with Gasteiger partial charge in [0.05, 0.1) is 19.8 Å². The van der Waals surface area contributed by atoms with Crippen molar-refractivity contribution in [1.29, 1.82) is 0 Å². The molecule has 7 heteroatoms.